The lowest BCUT2D eigenvalue weighted by Gasteiger charge is -2.18. The zero-order valence-corrected chi connectivity index (χ0v) is 12.5. The van der Waals surface area contributed by atoms with E-state index in [0.717, 1.165) is 42.7 Å². The van der Waals surface area contributed by atoms with Crippen LogP contribution in [-0.2, 0) is 0 Å². The number of thiophene rings is 1. The molecule has 1 aromatic heterocycles. The van der Waals surface area contributed by atoms with Gasteiger partial charge in [0.1, 0.15) is 0 Å². The van der Waals surface area contributed by atoms with Crippen LogP contribution in [0.2, 0.25) is 5.02 Å². The number of urea groups is 1. The van der Waals surface area contributed by atoms with Crippen LogP contribution < -0.4 is 5.32 Å². The molecule has 2 heterocycles. The molecule has 1 aromatic carbocycles. The molecular weight excluding hydrogens is 292 g/mol. The van der Waals surface area contributed by atoms with Crippen molar-refractivity contribution in [2.24, 2.45) is 0 Å². The fourth-order valence-electron chi connectivity index (χ4n) is 2.40. The molecule has 1 saturated heterocycles. The van der Waals surface area contributed by atoms with Gasteiger partial charge in [-0.25, -0.2) is 4.79 Å². The number of nitrogens with one attached hydrogen (secondary N) is 1. The monoisotopic (exact) mass is 306 g/mol. The molecule has 1 aliphatic heterocycles. The number of hydrogen-bond donors (Lipinski definition) is 1. The van der Waals surface area contributed by atoms with Crippen LogP contribution in [0.5, 0.6) is 0 Å². The Morgan fingerprint density at radius 2 is 2.05 bits per heavy atom. The summed E-state index contributed by atoms with van der Waals surface area (Å²) in [4.78, 5) is 14.1. The topological polar surface area (TPSA) is 32.3 Å². The molecule has 3 rings (SSSR count). The van der Waals surface area contributed by atoms with Crippen LogP contribution in [0.3, 0.4) is 0 Å². The minimum Gasteiger partial charge on any atom is -0.325 e. The van der Waals surface area contributed by atoms with Gasteiger partial charge in [-0.2, -0.15) is 11.3 Å². The lowest BCUT2D eigenvalue weighted by Crippen LogP contribution is -2.32. The zero-order valence-electron chi connectivity index (χ0n) is 10.9. The Labute approximate surface area is 127 Å². The van der Waals surface area contributed by atoms with E-state index >= 15 is 0 Å². The standard InChI is InChI=1S/C15H15ClN2OS/c16-12-3-4-13(11-5-8-20-10-11)14(9-12)17-15(19)18-6-1-2-7-18/h3-5,8-10H,1-2,6-7H2,(H,17,19). The second kappa shape index (κ2) is 5.85. The second-order valence-corrected chi connectivity index (χ2v) is 6.04. The normalized spacial score (nSPS) is 14.6. The summed E-state index contributed by atoms with van der Waals surface area (Å²) in [6, 6.07) is 7.60. The number of nitrogens with zero attached hydrogens (tertiary/aromatic N) is 1. The van der Waals surface area contributed by atoms with Crippen LogP contribution in [0.15, 0.2) is 35.0 Å². The maximum Gasteiger partial charge on any atom is 0.321 e. The Hall–Kier alpha value is -1.52. The van der Waals surface area contributed by atoms with Crippen molar-refractivity contribution in [2.75, 3.05) is 18.4 Å². The summed E-state index contributed by atoms with van der Waals surface area (Å²) < 4.78 is 0. The number of rotatable bonds is 2. The lowest BCUT2D eigenvalue weighted by atomic mass is 10.1. The van der Waals surface area contributed by atoms with Crippen LogP contribution >= 0.6 is 22.9 Å². The van der Waals surface area contributed by atoms with E-state index < -0.39 is 0 Å². The van der Waals surface area contributed by atoms with E-state index in [1.165, 1.54) is 0 Å². The van der Waals surface area contributed by atoms with E-state index in [0.29, 0.717) is 5.02 Å². The first-order chi connectivity index (χ1) is 9.74. The molecule has 0 atom stereocenters. The molecule has 0 saturated carbocycles. The Kier molecular flexibility index (Phi) is 3.94. The van der Waals surface area contributed by atoms with Gasteiger partial charge in [0.05, 0.1) is 5.69 Å². The Balaban J connectivity index is 1.87. The smallest absolute Gasteiger partial charge is 0.321 e. The highest BCUT2D eigenvalue weighted by Crippen LogP contribution is 2.32. The van der Waals surface area contributed by atoms with Gasteiger partial charge < -0.3 is 10.2 Å². The van der Waals surface area contributed by atoms with Crippen molar-refractivity contribution >= 4 is 34.7 Å². The number of likely N-dealkylation sites (tertiary alicyclic amines) is 1. The van der Waals surface area contributed by atoms with Crippen molar-refractivity contribution in [1.82, 2.24) is 4.90 Å². The Bertz CT molecular complexity index is 606. The fourth-order valence-corrected chi connectivity index (χ4v) is 3.23. The number of anilines is 1. The average molecular weight is 307 g/mol. The quantitative estimate of drug-likeness (QED) is 0.857. The third kappa shape index (κ3) is 2.81. The first-order valence-corrected chi connectivity index (χ1v) is 7.94. The Morgan fingerprint density at radius 3 is 2.75 bits per heavy atom. The second-order valence-electron chi connectivity index (χ2n) is 4.83. The number of carbonyl (C=O) groups is 1. The zero-order chi connectivity index (χ0) is 13.9. The molecule has 0 radical (unpaired) electrons. The molecule has 104 valence electrons. The predicted octanol–water partition coefficient (Wildman–Crippen LogP) is 4.70. The van der Waals surface area contributed by atoms with Crippen molar-refractivity contribution in [3.05, 3.63) is 40.0 Å². The van der Waals surface area contributed by atoms with Crippen LogP contribution in [0.4, 0.5) is 10.5 Å². The summed E-state index contributed by atoms with van der Waals surface area (Å²) in [5, 5.41) is 7.70. The molecule has 2 amide bonds. The number of benzene rings is 1. The van der Waals surface area contributed by atoms with E-state index in [-0.39, 0.29) is 6.03 Å². The van der Waals surface area contributed by atoms with E-state index in [9.17, 15) is 4.79 Å². The summed E-state index contributed by atoms with van der Waals surface area (Å²) in [5.74, 6) is 0. The van der Waals surface area contributed by atoms with Crippen LogP contribution in [-0.4, -0.2) is 24.0 Å². The van der Waals surface area contributed by atoms with E-state index in [2.05, 4.69) is 10.7 Å². The predicted molar refractivity (Wildman–Crippen MR) is 84.6 cm³/mol. The molecule has 0 bridgehead atoms. The van der Waals surface area contributed by atoms with E-state index in [1.54, 1.807) is 11.3 Å². The van der Waals surface area contributed by atoms with Crippen LogP contribution in [0.1, 0.15) is 12.8 Å². The molecule has 20 heavy (non-hydrogen) atoms. The average Bonchev–Trinajstić information content (AvgIpc) is 3.12. The van der Waals surface area contributed by atoms with E-state index in [1.807, 2.05) is 34.5 Å². The van der Waals surface area contributed by atoms with Gasteiger partial charge in [-0.3, -0.25) is 0 Å². The SMILES string of the molecule is O=C(Nc1cc(Cl)ccc1-c1ccsc1)N1CCCC1. The van der Waals surface area contributed by atoms with Gasteiger partial charge in [0.2, 0.25) is 0 Å². The first-order valence-electron chi connectivity index (χ1n) is 6.62. The minimum absolute atomic E-state index is 0.0405. The maximum atomic E-state index is 12.2. The number of halogens is 1. The molecule has 1 aliphatic rings. The highest BCUT2D eigenvalue weighted by atomic mass is 35.5. The van der Waals surface area contributed by atoms with Gasteiger partial charge in [-0.15, -0.1) is 0 Å². The van der Waals surface area contributed by atoms with Crippen molar-refractivity contribution in [1.29, 1.82) is 0 Å². The maximum absolute atomic E-state index is 12.2. The lowest BCUT2D eigenvalue weighted by molar-refractivity contribution is 0.222. The van der Waals surface area contributed by atoms with Crippen molar-refractivity contribution < 1.29 is 4.79 Å². The summed E-state index contributed by atoms with van der Waals surface area (Å²) in [6.07, 6.45) is 2.17. The molecule has 0 aliphatic carbocycles. The molecule has 2 aromatic rings. The van der Waals surface area contributed by atoms with Gasteiger partial charge in [0.15, 0.2) is 0 Å². The summed E-state index contributed by atoms with van der Waals surface area (Å²) in [7, 11) is 0. The minimum atomic E-state index is -0.0405. The molecule has 1 fully saturated rings. The first kappa shape index (κ1) is 13.5. The molecule has 0 spiro atoms. The third-order valence-corrected chi connectivity index (χ3v) is 4.37. The highest BCUT2D eigenvalue weighted by Gasteiger charge is 2.19. The summed E-state index contributed by atoms with van der Waals surface area (Å²) >= 11 is 7.69. The van der Waals surface area contributed by atoms with Crippen molar-refractivity contribution in [2.45, 2.75) is 12.8 Å². The largest absolute Gasteiger partial charge is 0.325 e. The van der Waals surface area contributed by atoms with Gasteiger partial charge in [0, 0.05) is 23.7 Å². The summed E-state index contributed by atoms with van der Waals surface area (Å²) in [5.41, 5.74) is 2.87. The fraction of sp³-hybridized carbons (Fsp3) is 0.267. The number of carbonyl (C=O) groups excluding carboxylic acids is 1. The molecule has 1 N–H and O–H groups in total. The molecular formula is C15H15ClN2OS. The highest BCUT2D eigenvalue weighted by molar-refractivity contribution is 7.08. The van der Waals surface area contributed by atoms with E-state index in [4.69, 9.17) is 11.6 Å². The third-order valence-electron chi connectivity index (χ3n) is 3.45. The molecule has 3 nitrogen and oxygen atoms in total. The van der Waals surface area contributed by atoms with Gasteiger partial charge in [-0.1, -0.05) is 17.7 Å². The Morgan fingerprint density at radius 1 is 1.25 bits per heavy atom. The van der Waals surface area contributed by atoms with Crippen molar-refractivity contribution in [3.63, 3.8) is 0 Å². The van der Waals surface area contributed by atoms with Gasteiger partial charge in [-0.05, 0) is 47.4 Å². The number of hydrogen-bond acceptors (Lipinski definition) is 2. The molecule has 0 unspecified atom stereocenters. The molecule has 5 heteroatoms. The van der Waals surface area contributed by atoms with Crippen LogP contribution in [0, 0.1) is 0 Å². The van der Waals surface area contributed by atoms with Crippen molar-refractivity contribution in [3.8, 4) is 11.1 Å². The summed E-state index contributed by atoms with van der Waals surface area (Å²) in [6.45, 7) is 1.67. The number of amides is 2. The van der Waals surface area contributed by atoms with Crippen LogP contribution in [0.25, 0.3) is 11.1 Å². The van der Waals surface area contributed by atoms with Gasteiger partial charge in [0.25, 0.3) is 0 Å². The van der Waals surface area contributed by atoms with Gasteiger partial charge >= 0.3 is 6.03 Å².